The molecular weight excluding hydrogens is 418 g/mol. The van der Waals surface area contributed by atoms with Crippen LogP contribution in [0.2, 0.25) is 0 Å². The summed E-state index contributed by atoms with van der Waals surface area (Å²) in [7, 11) is 0. The smallest absolute Gasteiger partial charge is 0.331 e. The topological polar surface area (TPSA) is 141 Å². The van der Waals surface area contributed by atoms with E-state index in [1.165, 1.54) is 0 Å². The Balaban J connectivity index is 1.46. The lowest BCUT2D eigenvalue weighted by Gasteiger charge is -2.65. The lowest BCUT2D eigenvalue weighted by Crippen LogP contribution is -3.04. The molecule has 4 N–H and O–H groups in total. The molecule has 0 spiro atoms. The maximum Gasteiger partial charge on any atom is 0.331 e. The Bertz CT molecular complexity index is 846. The highest BCUT2D eigenvalue weighted by Gasteiger charge is 2.71. The zero-order chi connectivity index (χ0) is 22.9. The van der Waals surface area contributed by atoms with Crippen LogP contribution in [0.1, 0.15) is 64.7 Å². The standard InChI is InChI=1S/C23H33NO8/c1-20-6-3-17-18(23(20,28)9-5-16(20)14-10-19(26)31-12-14)4-8-22(27)11-15(32-24(29)30)2-7-21(17,22)13-25/h10,13,15-18,24,27-29H,2-9,11-12H2,1H3. The van der Waals surface area contributed by atoms with Gasteiger partial charge in [-0.3, -0.25) is 0 Å². The Kier molecular flexibility index (Phi) is 5.13. The van der Waals surface area contributed by atoms with E-state index >= 15 is 0 Å². The summed E-state index contributed by atoms with van der Waals surface area (Å²) in [5, 5.41) is 42.5. The van der Waals surface area contributed by atoms with Crippen LogP contribution in [0, 0.1) is 33.8 Å². The molecule has 178 valence electrons. The van der Waals surface area contributed by atoms with Gasteiger partial charge in [0.25, 0.3) is 0 Å². The quantitative estimate of drug-likeness (QED) is 0.277. The molecule has 9 unspecified atom stereocenters. The van der Waals surface area contributed by atoms with Crippen LogP contribution in [0.15, 0.2) is 11.6 Å². The molecule has 9 nitrogen and oxygen atoms in total. The van der Waals surface area contributed by atoms with Gasteiger partial charge in [0, 0.05) is 17.9 Å². The monoisotopic (exact) mass is 451 g/mol. The Labute approximate surface area is 186 Å². The van der Waals surface area contributed by atoms with E-state index in [0.29, 0.717) is 44.9 Å². The van der Waals surface area contributed by atoms with Crippen LogP contribution in [0.4, 0.5) is 0 Å². The zero-order valence-electron chi connectivity index (χ0n) is 18.4. The number of hydrogen-bond acceptors (Lipinski definition) is 8. The third kappa shape index (κ3) is 2.85. The predicted molar refractivity (Wildman–Crippen MR) is 109 cm³/mol. The number of cyclic esters (lactones) is 1. The lowest BCUT2D eigenvalue weighted by atomic mass is 9.41. The van der Waals surface area contributed by atoms with Crippen molar-refractivity contribution in [2.45, 2.75) is 82.0 Å². The molecule has 4 saturated carbocycles. The van der Waals surface area contributed by atoms with Crippen LogP contribution in [-0.2, 0) is 19.2 Å². The number of ether oxygens (including phenoxy) is 1. The molecule has 1 aliphatic heterocycles. The van der Waals surface area contributed by atoms with Crippen molar-refractivity contribution in [2.24, 2.45) is 28.6 Å². The van der Waals surface area contributed by atoms with E-state index in [9.17, 15) is 25.0 Å². The van der Waals surface area contributed by atoms with Crippen LogP contribution >= 0.6 is 0 Å². The van der Waals surface area contributed by atoms with Crippen molar-refractivity contribution in [1.29, 1.82) is 0 Å². The summed E-state index contributed by atoms with van der Waals surface area (Å²) in [6.45, 7) is 2.39. The first-order chi connectivity index (χ1) is 15.1. The summed E-state index contributed by atoms with van der Waals surface area (Å²) in [6, 6.07) is 0. The molecule has 5 aliphatic rings. The van der Waals surface area contributed by atoms with Crippen LogP contribution < -0.4 is 5.39 Å². The average molecular weight is 452 g/mol. The maximum atomic E-state index is 12.6. The lowest BCUT2D eigenvalue weighted by molar-refractivity contribution is -1.21. The molecule has 0 radical (unpaired) electrons. The molecule has 0 saturated heterocycles. The number of rotatable bonds is 4. The molecule has 9 atom stereocenters. The first kappa shape index (κ1) is 22.4. The summed E-state index contributed by atoms with van der Waals surface area (Å²) >= 11 is 0. The number of fused-ring (bicyclic) bond motifs is 5. The largest absolute Gasteiger partial charge is 0.566 e. The Morgan fingerprint density at radius 1 is 1.16 bits per heavy atom. The molecular formula is C23H33NO8. The van der Waals surface area contributed by atoms with Gasteiger partial charge in [0.1, 0.15) is 19.0 Å². The number of esters is 1. The van der Waals surface area contributed by atoms with Gasteiger partial charge in [-0.15, -0.1) is 0 Å². The second-order valence-electron chi connectivity index (χ2n) is 11.0. The number of nitrogens with one attached hydrogen (secondary N) is 1. The third-order valence-electron chi connectivity index (χ3n) is 10.1. The fraction of sp³-hybridized carbons (Fsp3) is 0.826. The molecule has 9 heteroatoms. The van der Waals surface area contributed by atoms with Crippen LogP contribution in [0.5, 0.6) is 0 Å². The summed E-state index contributed by atoms with van der Waals surface area (Å²) in [5.41, 5.74) is -2.79. The van der Waals surface area contributed by atoms with Crippen molar-refractivity contribution in [3.8, 4) is 0 Å². The normalized spacial score (nSPS) is 51.2. The number of aliphatic hydroxyl groups is 2. The van der Waals surface area contributed by atoms with E-state index in [1.54, 1.807) is 6.08 Å². The van der Waals surface area contributed by atoms with Gasteiger partial charge in [-0.05, 0) is 74.7 Å². The van der Waals surface area contributed by atoms with Crippen LogP contribution in [0.3, 0.4) is 0 Å². The van der Waals surface area contributed by atoms with Crippen molar-refractivity contribution in [3.63, 3.8) is 0 Å². The fourth-order valence-corrected chi connectivity index (χ4v) is 8.56. The van der Waals surface area contributed by atoms with Crippen molar-refractivity contribution in [3.05, 3.63) is 16.9 Å². The van der Waals surface area contributed by atoms with E-state index < -0.39 is 33.5 Å². The van der Waals surface area contributed by atoms with Gasteiger partial charge in [0.15, 0.2) is 0 Å². The SMILES string of the molecule is CC12CCC3C(CCC4(O)CC(O[NH+]([O-])O)CCC34C=O)C1(O)CCC2C1=CC(=O)OC1. The molecule has 0 aromatic heterocycles. The van der Waals surface area contributed by atoms with Crippen molar-refractivity contribution < 1.29 is 40.0 Å². The van der Waals surface area contributed by atoms with E-state index in [1.807, 2.05) is 0 Å². The van der Waals surface area contributed by atoms with Gasteiger partial charge in [-0.25, -0.2) is 4.79 Å². The minimum atomic E-state index is -1.37. The molecule has 0 bridgehead atoms. The minimum absolute atomic E-state index is 0.0626. The second-order valence-corrected chi connectivity index (χ2v) is 11.0. The highest BCUT2D eigenvalue weighted by molar-refractivity contribution is 5.85. The van der Waals surface area contributed by atoms with Crippen molar-refractivity contribution in [1.82, 2.24) is 0 Å². The molecule has 5 rings (SSSR count). The highest BCUT2D eigenvalue weighted by Crippen LogP contribution is 2.70. The van der Waals surface area contributed by atoms with Crippen molar-refractivity contribution >= 4 is 12.3 Å². The second kappa shape index (κ2) is 7.32. The van der Waals surface area contributed by atoms with Gasteiger partial charge < -0.3 is 25.0 Å². The first-order valence-corrected chi connectivity index (χ1v) is 11.8. The Morgan fingerprint density at radius 2 is 1.91 bits per heavy atom. The Morgan fingerprint density at radius 3 is 2.56 bits per heavy atom. The maximum absolute atomic E-state index is 12.6. The number of hydrogen-bond donors (Lipinski definition) is 4. The predicted octanol–water partition coefficient (Wildman–Crippen LogP) is 0.609. The van der Waals surface area contributed by atoms with Crippen LogP contribution in [0.25, 0.3) is 0 Å². The van der Waals surface area contributed by atoms with Gasteiger partial charge in [-0.1, -0.05) is 12.3 Å². The number of quaternary nitrogens is 1. The van der Waals surface area contributed by atoms with Crippen LogP contribution in [-0.4, -0.2) is 51.6 Å². The zero-order valence-corrected chi connectivity index (χ0v) is 18.4. The van der Waals surface area contributed by atoms with E-state index in [-0.39, 0.29) is 36.8 Å². The number of carbonyl (C=O) groups excluding carboxylic acids is 2. The van der Waals surface area contributed by atoms with Crippen molar-refractivity contribution in [2.75, 3.05) is 6.61 Å². The molecule has 4 aliphatic carbocycles. The first-order valence-electron chi connectivity index (χ1n) is 11.8. The third-order valence-corrected chi connectivity index (χ3v) is 10.1. The van der Waals surface area contributed by atoms with E-state index in [0.717, 1.165) is 18.3 Å². The van der Waals surface area contributed by atoms with E-state index in [4.69, 9.17) is 14.8 Å². The number of carbonyl (C=O) groups is 2. The summed E-state index contributed by atoms with van der Waals surface area (Å²) in [6.07, 6.45) is 6.38. The molecule has 0 aromatic carbocycles. The molecule has 0 aromatic rings. The highest BCUT2D eigenvalue weighted by atomic mass is 17.1. The Hall–Kier alpha value is -1.36. The fourth-order valence-electron chi connectivity index (χ4n) is 8.56. The molecule has 32 heavy (non-hydrogen) atoms. The molecule has 1 heterocycles. The average Bonchev–Trinajstić information content (AvgIpc) is 3.27. The summed E-state index contributed by atoms with van der Waals surface area (Å²) < 4.78 is 5.15. The summed E-state index contributed by atoms with van der Waals surface area (Å²) in [4.78, 5) is 29.3. The molecule has 0 amide bonds. The van der Waals surface area contributed by atoms with E-state index in [2.05, 4.69) is 6.92 Å². The van der Waals surface area contributed by atoms with Gasteiger partial charge in [0.2, 0.25) is 0 Å². The van der Waals surface area contributed by atoms with Gasteiger partial charge in [0.05, 0.1) is 16.6 Å². The summed E-state index contributed by atoms with van der Waals surface area (Å²) in [5.74, 6) is -0.563. The van der Waals surface area contributed by atoms with Gasteiger partial charge in [-0.2, -0.15) is 10.0 Å². The minimum Gasteiger partial charge on any atom is -0.566 e. The molecule has 4 fully saturated rings. The van der Waals surface area contributed by atoms with Gasteiger partial charge >= 0.3 is 5.97 Å². The number of aldehydes is 1.